The van der Waals surface area contributed by atoms with E-state index in [0.717, 1.165) is 22.3 Å². The van der Waals surface area contributed by atoms with Crippen LogP contribution in [-0.2, 0) is 59.6 Å². The topological polar surface area (TPSA) is 72.5 Å². The van der Waals surface area contributed by atoms with Crippen LogP contribution < -0.4 is 0 Å². The molecule has 45 heavy (non-hydrogen) atoms. The molecule has 5 rings (SSSR count). The van der Waals surface area contributed by atoms with E-state index < -0.39 is 24.4 Å². The van der Waals surface area contributed by atoms with E-state index in [2.05, 4.69) is 0 Å². The van der Waals surface area contributed by atoms with E-state index in [1.165, 1.54) is 6.92 Å². The van der Waals surface area contributed by atoms with E-state index in [1.54, 1.807) is 6.08 Å². The molecule has 4 aromatic rings. The van der Waals surface area contributed by atoms with Gasteiger partial charge in [-0.15, -0.1) is 0 Å². The summed E-state index contributed by atoms with van der Waals surface area (Å²) in [5.41, 5.74) is 4.12. The molecule has 0 radical (unpaired) electrons. The Morgan fingerprint density at radius 2 is 1.07 bits per heavy atom. The molecule has 0 unspecified atom stereocenters. The molecule has 4 atom stereocenters. The van der Waals surface area contributed by atoms with E-state index in [0.29, 0.717) is 32.2 Å². The van der Waals surface area contributed by atoms with E-state index >= 15 is 0 Å². The highest BCUT2D eigenvalue weighted by Gasteiger charge is 2.46. The van der Waals surface area contributed by atoms with Crippen LogP contribution in [-0.4, -0.2) is 43.6 Å². The summed E-state index contributed by atoms with van der Waals surface area (Å²) in [5.74, 6) is 0.131. The van der Waals surface area contributed by atoms with Gasteiger partial charge in [0.15, 0.2) is 6.10 Å². The highest BCUT2D eigenvalue weighted by atomic mass is 16.6. The van der Waals surface area contributed by atoms with Crippen molar-refractivity contribution in [2.75, 3.05) is 13.2 Å². The number of esters is 1. The standard InChI is InChI=1S/C38H40O7/c1-29(39)41-23-22-34-36(42-25-31-16-8-3-9-17-31)38(44-27-33-20-12-5-13-21-33)37(43-26-32-18-10-4-11-19-32)35(45-34)28-40-24-30-14-6-2-7-15-30/h2-22,35-38H,23-28H2,1H3/b34-22+/t35-,36-,37-,38-/m1/s1. The third kappa shape index (κ3) is 10.1. The second kappa shape index (κ2) is 17.3. The molecule has 7 heteroatoms. The summed E-state index contributed by atoms with van der Waals surface area (Å²) in [6.45, 7) is 3.10. The van der Waals surface area contributed by atoms with Crippen LogP contribution in [0.1, 0.15) is 29.2 Å². The third-order valence-electron chi connectivity index (χ3n) is 7.36. The zero-order valence-electron chi connectivity index (χ0n) is 25.5. The molecular weight excluding hydrogens is 568 g/mol. The second-order valence-electron chi connectivity index (χ2n) is 10.8. The predicted octanol–water partition coefficient (Wildman–Crippen LogP) is 6.81. The van der Waals surface area contributed by atoms with E-state index in [4.69, 9.17) is 28.4 Å². The van der Waals surface area contributed by atoms with Crippen molar-refractivity contribution in [3.63, 3.8) is 0 Å². The maximum atomic E-state index is 11.6. The molecule has 0 N–H and O–H groups in total. The first kappa shape index (κ1) is 32.1. The molecule has 0 aromatic heterocycles. The minimum atomic E-state index is -0.643. The molecule has 1 fully saturated rings. The number of benzene rings is 4. The van der Waals surface area contributed by atoms with Gasteiger partial charge >= 0.3 is 5.97 Å². The number of hydrogen-bond donors (Lipinski definition) is 0. The summed E-state index contributed by atoms with van der Waals surface area (Å²) in [4.78, 5) is 11.6. The van der Waals surface area contributed by atoms with Crippen LogP contribution in [0.3, 0.4) is 0 Å². The van der Waals surface area contributed by atoms with Crippen LogP contribution in [0.4, 0.5) is 0 Å². The Bertz CT molecular complexity index is 1440. The van der Waals surface area contributed by atoms with Gasteiger partial charge in [-0.2, -0.15) is 0 Å². The highest BCUT2D eigenvalue weighted by molar-refractivity contribution is 5.66. The number of hydrogen-bond acceptors (Lipinski definition) is 7. The van der Waals surface area contributed by atoms with E-state index in [1.807, 2.05) is 121 Å². The van der Waals surface area contributed by atoms with Crippen molar-refractivity contribution >= 4 is 5.97 Å². The van der Waals surface area contributed by atoms with Crippen LogP contribution >= 0.6 is 0 Å². The zero-order valence-corrected chi connectivity index (χ0v) is 25.5. The Morgan fingerprint density at radius 3 is 1.56 bits per heavy atom. The number of ether oxygens (including phenoxy) is 6. The van der Waals surface area contributed by atoms with Crippen LogP contribution in [0.5, 0.6) is 0 Å². The molecule has 0 bridgehead atoms. The smallest absolute Gasteiger partial charge is 0.302 e. The van der Waals surface area contributed by atoms with Crippen molar-refractivity contribution in [3.8, 4) is 0 Å². The van der Waals surface area contributed by atoms with Crippen molar-refractivity contribution in [2.24, 2.45) is 0 Å². The fourth-order valence-corrected chi connectivity index (χ4v) is 5.11. The van der Waals surface area contributed by atoms with E-state index in [-0.39, 0.29) is 19.2 Å². The monoisotopic (exact) mass is 608 g/mol. The molecule has 7 nitrogen and oxygen atoms in total. The Hall–Kier alpha value is -4.27. The summed E-state index contributed by atoms with van der Waals surface area (Å²) in [6.07, 6.45) is -0.543. The molecular formula is C38H40O7. The highest BCUT2D eigenvalue weighted by Crippen LogP contribution is 2.33. The van der Waals surface area contributed by atoms with Crippen molar-refractivity contribution in [3.05, 3.63) is 155 Å². The van der Waals surface area contributed by atoms with Crippen molar-refractivity contribution in [1.82, 2.24) is 0 Å². The fraction of sp³-hybridized carbons (Fsp3) is 0.289. The number of carbonyl (C=O) groups is 1. The largest absolute Gasteiger partial charge is 0.487 e. The van der Waals surface area contributed by atoms with Gasteiger partial charge in [0, 0.05) is 6.92 Å². The molecule has 1 heterocycles. The summed E-state index contributed by atoms with van der Waals surface area (Å²) in [6, 6.07) is 39.9. The molecule has 0 saturated carbocycles. The molecule has 0 spiro atoms. The minimum absolute atomic E-state index is 0.0361. The maximum Gasteiger partial charge on any atom is 0.302 e. The summed E-state index contributed by atoms with van der Waals surface area (Å²) in [5, 5.41) is 0. The van der Waals surface area contributed by atoms with E-state index in [9.17, 15) is 4.79 Å². The lowest BCUT2D eigenvalue weighted by Gasteiger charge is -2.43. The van der Waals surface area contributed by atoms with Gasteiger partial charge in [-0.25, -0.2) is 0 Å². The predicted molar refractivity (Wildman–Crippen MR) is 171 cm³/mol. The third-order valence-corrected chi connectivity index (χ3v) is 7.36. The van der Waals surface area contributed by atoms with Gasteiger partial charge in [-0.3, -0.25) is 4.79 Å². The van der Waals surface area contributed by atoms with Crippen molar-refractivity contribution in [1.29, 1.82) is 0 Å². The summed E-state index contributed by atoms with van der Waals surface area (Å²) in [7, 11) is 0. The Kier molecular flexibility index (Phi) is 12.3. The Labute approximate surface area is 265 Å². The SMILES string of the molecule is CC(=O)OC/C=C1/O[C@H](COCc2ccccc2)[C@@H](OCc2ccccc2)[C@H](OCc2ccccc2)[C@@H]1OCc1ccccc1. The quantitative estimate of drug-likeness (QED) is 0.137. The Morgan fingerprint density at radius 1 is 0.622 bits per heavy atom. The fourth-order valence-electron chi connectivity index (χ4n) is 5.11. The second-order valence-corrected chi connectivity index (χ2v) is 10.8. The van der Waals surface area contributed by atoms with Gasteiger partial charge in [-0.1, -0.05) is 121 Å². The lowest BCUT2D eigenvalue weighted by Crippen LogP contribution is -2.56. The normalized spacial score (nSPS) is 20.4. The first-order chi connectivity index (χ1) is 22.2. The first-order valence-corrected chi connectivity index (χ1v) is 15.2. The summed E-state index contributed by atoms with van der Waals surface area (Å²) < 4.78 is 38.0. The van der Waals surface area contributed by atoms with Crippen molar-refractivity contribution in [2.45, 2.75) is 57.8 Å². The molecule has 1 saturated heterocycles. The lowest BCUT2D eigenvalue weighted by molar-refractivity contribution is -0.223. The zero-order chi connectivity index (χ0) is 31.1. The molecule has 0 amide bonds. The molecule has 1 aliphatic rings. The van der Waals surface area contributed by atoms with Gasteiger partial charge < -0.3 is 28.4 Å². The molecule has 1 aliphatic heterocycles. The van der Waals surface area contributed by atoms with Crippen LogP contribution in [0.2, 0.25) is 0 Å². The average molecular weight is 609 g/mol. The summed E-state index contributed by atoms with van der Waals surface area (Å²) >= 11 is 0. The molecule has 0 aliphatic carbocycles. The molecule has 234 valence electrons. The van der Waals surface area contributed by atoms with Gasteiger partial charge in [0.25, 0.3) is 0 Å². The van der Waals surface area contributed by atoms with Crippen LogP contribution in [0.15, 0.2) is 133 Å². The lowest BCUT2D eigenvalue weighted by atomic mass is 9.96. The van der Waals surface area contributed by atoms with Crippen molar-refractivity contribution < 1.29 is 33.2 Å². The molecule has 4 aromatic carbocycles. The minimum Gasteiger partial charge on any atom is -0.487 e. The number of rotatable bonds is 15. The van der Waals surface area contributed by atoms with Crippen LogP contribution in [0.25, 0.3) is 0 Å². The maximum absolute atomic E-state index is 11.6. The first-order valence-electron chi connectivity index (χ1n) is 15.2. The van der Waals surface area contributed by atoms with Gasteiger partial charge in [0.2, 0.25) is 0 Å². The average Bonchev–Trinajstić information content (AvgIpc) is 3.08. The van der Waals surface area contributed by atoms with Crippen LogP contribution in [0, 0.1) is 0 Å². The van der Waals surface area contributed by atoms with Gasteiger partial charge in [0.1, 0.15) is 30.7 Å². The number of carbonyl (C=O) groups excluding carboxylic acids is 1. The Balaban J connectivity index is 1.45. The van der Waals surface area contributed by atoms with Gasteiger partial charge in [-0.05, 0) is 28.3 Å². The van der Waals surface area contributed by atoms with Gasteiger partial charge in [0.05, 0.1) is 33.0 Å².